The van der Waals surface area contributed by atoms with Crippen molar-refractivity contribution in [3.63, 3.8) is 0 Å². The topological polar surface area (TPSA) is 116 Å². The number of esters is 3. The molecule has 0 rings (SSSR count). The third-order valence-electron chi connectivity index (χ3n) is 1.35. The molecule has 98 valence electrons. The molecular formula is C10H10O8. The van der Waals surface area contributed by atoms with E-state index in [1.165, 1.54) is 0 Å². The Morgan fingerprint density at radius 3 is 1.83 bits per heavy atom. The summed E-state index contributed by atoms with van der Waals surface area (Å²) in [6, 6.07) is 0. The van der Waals surface area contributed by atoms with Crippen molar-refractivity contribution in [1.29, 1.82) is 0 Å². The van der Waals surface area contributed by atoms with E-state index in [4.69, 9.17) is 5.11 Å². The molecule has 8 heteroatoms. The van der Waals surface area contributed by atoms with Gasteiger partial charge in [0, 0.05) is 12.2 Å². The predicted octanol–water partition coefficient (Wildman–Crippen LogP) is -0.601. The van der Waals surface area contributed by atoms with Crippen LogP contribution in [0.4, 0.5) is 0 Å². The van der Waals surface area contributed by atoms with Crippen molar-refractivity contribution >= 4 is 23.9 Å². The largest absolute Gasteiger partial charge is 0.473 e. The summed E-state index contributed by atoms with van der Waals surface area (Å²) >= 11 is 0. The van der Waals surface area contributed by atoms with Gasteiger partial charge in [-0.3, -0.25) is 0 Å². The Hall–Kier alpha value is -2.64. The zero-order chi connectivity index (χ0) is 14.1. The van der Waals surface area contributed by atoms with Gasteiger partial charge < -0.3 is 19.3 Å². The van der Waals surface area contributed by atoms with E-state index < -0.39 is 36.8 Å². The average Bonchev–Trinajstić information content (AvgIpc) is 2.34. The minimum atomic E-state index is -1.83. The number of ether oxygens (including phenoxy) is 3. The maximum atomic E-state index is 10.9. The molecule has 0 fully saturated rings. The summed E-state index contributed by atoms with van der Waals surface area (Å²) < 4.78 is 13.2. The Morgan fingerprint density at radius 1 is 1.06 bits per heavy atom. The standard InChI is InChI=1S/C10H10O8/c1-3-6(11)17-8(18-7(12)4-2)5-16-10(15)9(13)14/h3-4,8H,1-2,5H2,(H,13,14). The first kappa shape index (κ1) is 15.4. The molecule has 0 aliphatic heterocycles. The number of hydrogen-bond donors (Lipinski definition) is 1. The fourth-order valence-corrected chi connectivity index (χ4v) is 0.653. The van der Waals surface area contributed by atoms with Gasteiger partial charge in [0.15, 0.2) is 6.61 Å². The first-order chi connectivity index (χ1) is 8.40. The number of carbonyl (C=O) groups is 4. The van der Waals surface area contributed by atoms with Crippen molar-refractivity contribution in [3.8, 4) is 0 Å². The second kappa shape index (κ2) is 7.60. The lowest BCUT2D eigenvalue weighted by molar-refractivity contribution is -0.194. The minimum Gasteiger partial charge on any atom is -0.473 e. The second-order valence-electron chi connectivity index (χ2n) is 2.62. The fraction of sp³-hybridized carbons (Fsp3) is 0.200. The molecule has 0 aromatic rings. The molecule has 0 unspecified atom stereocenters. The van der Waals surface area contributed by atoms with E-state index in [1.807, 2.05) is 0 Å². The summed E-state index contributed by atoms with van der Waals surface area (Å²) in [7, 11) is 0. The second-order valence-corrected chi connectivity index (χ2v) is 2.62. The summed E-state index contributed by atoms with van der Waals surface area (Å²) in [5.41, 5.74) is 0. The molecule has 0 amide bonds. The number of hydrogen-bond acceptors (Lipinski definition) is 7. The van der Waals surface area contributed by atoms with Gasteiger partial charge in [0.05, 0.1) is 0 Å². The van der Waals surface area contributed by atoms with Gasteiger partial charge in [-0.15, -0.1) is 0 Å². The van der Waals surface area contributed by atoms with Gasteiger partial charge >= 0.3 is 23.9 Å². The molecule has 8 nitrogen and oxygen atoms in total. The Labute approximate surface area is 101 Å². The first-order valence-corrected chi connectivity index (χ1v) is 4.46. The molecular weight excluding hydrogens is 248 g/mol. The van der Waals surface area contributed by atoms with E-state index in [9.17, 15) is 19.2 Å². The normalized spacial score (nSPS) is 9.17. The fourth-order valence-electron chi connectivity index (χ4n) is 0.653. The van der Waals surface area contributed by atoms with Crippen molar-refractivity contribution in [1.82, 2.24) is 0 Å². The Kier molecular flexibility index (Phi) is 6.49. The zero-order valence-corrected chi connectivity index (χ0v) is 9.16. The molecule has 0 radical (unpaired) electrons. The lowest BCUT2D eigenvalue weighted by atomic mass is 10.6. The SMILES string of the molecule is C=CC(=O)OC(COC(=O)C(=O)O)OC(=O)C=C. The van der Waals surface area contributed by atoms with Gasteiger partial charge in [-0.25, -0.2) is 19.2 Å². The molecule has 0 bridgehead atoms. The molecule has 1 N–H and O–H groups in total. The zero-order valence-electron chi connectivity index (χ0n) is 9.16. The molecule has 0 heterocycles. The summed E-state index contributed by atoms with van der Waals surface area (Å²) in [6.07, 6.45) is -0.00839. The van der Waals surface area contributed by atoms with Crippen molar-refractivity contribution in [3.05, 3.63) is 25.3 Å². The van der Waals surface area contributed by atoms with E-state index in [2.05, 4.69) is 27.4 Å². The van der Waals surface area contributed by atoms with Crippen LogP contribution in [0.1, 0.15) is 0 Å². The molecule has 0 aromatic carbocycles. The van der Waals surface area contributed by atoms with Gasteiger partial charge in [-0.05, 0) is 0 Å². The molecule has 0 spiro atoms. The van der Waals surface area contributed by atoms with E-state index in [0.717, 1.165) is 12.2 Å². The van der Waals surface area contributed by atoms with Gasteiger partial charge in [0.1, 0.15) is 0 Å². The number of rotatable bonds is 6. The Bertz CT molecular complexity index is 361. The van der Waals surface area contributed by atoms with E-state index in [1.54, 1.807) is 0 Å². The molecule has 0 aliphatic rings. The molecule has 0 saturated heterocycles. The Balaban J connectivity index is 4.46. The van der Waals surface area contributed by atoms with Crippen molar-refractivity contribution in [2.75, 3.05) is 6.61 Å². The predicted molar refractivity (Wildman–Crippen MR) is 55.0 cm³/mol. The summed E-state index contributed by atoms with van der Waals surface area (Å²) in [6.45, 7) is 5.44. The van der Waals surface area contributed by atoms with Crippen molar-refractivity contribution in [2.24, 2.45) is 0 Å². The van der Waals surface area contributed by atoms with Gasteiger partial charge in [0.2, 0.25) is 0 Å². The summed E-state index contributed by atoms with van der Waals surface area (Å²) in [5.74, 6) is -5.30. The molecule has 0 aliphatic carbocycles. The highest BCUT2D eigenvalue weighted by atomic mass is 16.7. The number of aliphatic carboxylic acids is 1. The first-order valence-electron chi connectivity index (χ1n) is 4.46. The highest BCUT2D eigenvalue weighted by molar-refractivity contribution is 6.28. The summed E-state index contributed by atoms with van der Waals surface area (Å²) in [4.78, 5) is 42.5. The monoisotopic (exact) mass is 258 g/mol. The van der Waals surface area contributed by atoms with Crippen molar-refractivity contribution in [2.45, 2.75) is 6.29 Å². The smallest absolute Gasteiger partial charge is 0.417 e. The van der Waals surface area contributed by atoms with Crippen molar-refractivity contribution < 1.29 is 38.5 Å². The quantitative estimate of drug-likeness (QED) is 0.290. The van der Waals surface area contributed by atoms with Crippen LogP contribution in [0, 0.1) is 0 Å². The van der Waals surface area contributed by atoms with Crippen LogP contribution in [0.15, 0.2) is 25.3 Å². The Morgan fingerprint density at radius 2 is 1.50 bits per heavy atom. The van der Waals surface area contributed by atoms with Crippen LogP contribution >= 0.6 is 0 Å². The van der Waals surface area contributed by atoms with Crippen LogP contribution in [-0.4, -0.2) is 41.9 Å². The molecule has 0 atom stereocenters. The van der Waals surface area contributed by atoms with Crippen LogP contribution in [0.5, 0.6) is 0 Å². The maximum Gasteiger partial charge on any atom is 0.417 e. The third kappa shape index (κ3) is 6.05. The molecule has 0 aromatic heterocycles. The van der Waals surface area contributed by atoms with Crippen LogP contribution in [0.3, 0.4) is 0 Å². The van der Waals surface area contributed by atoms with Crippen LogP contribution in [0.25, 0.3) is 0 Å². The lowest BCUT2D eigenvalue weighted by Gasteiger charge is -2.15. The van der Waals surface area contributed by atoms with Gasteiger partial charge in [-0.2, -0.15) is 0 Å². The van der Waals surface area contributed by atoms with Crippen LogP contribution < -0.4 is 0 Å². The molecule has 18 heavy (non-hydrogen) atoms. The summed E-state index contributed by atoms with van der Waals surface area (Å²) in [5, 5.41) is 8.23. The lowest BCUT2D eigenvalue weighted by Crippen LogP contribution is -2.30. The molecule has 0 saturated carbocycles. The third-order valence-corrected chi connectivity index (χ3v) is 1.35. The highest BCUT2D eigenvalue weighted by Crippen LogP contribution is 2.00. The van der Waals surface area contributed by atoms with Crippen LogP contribution in [-0.2, 0) is 33.4 Å². The van der Waals surface area contributed by atoms with E-state index >= 15 is 0 Å². The number of carbonyl (C=O) groups excluding carboxylic acids is 3. The van der Waals surface area contributed by atoms with E-state index in [-0.39, 0.29) is 0 Å². The number of carboxylic acids is 1. The average molecular weight is 258 g/mol. The van der Waals surface area contributed by atoms with E-state index in [0.29, 0.717) is 0 Å². The van der Waals surface area contributed by atoms with Gasteiger partial charge in [0.25, 0.3) is 6.29 Å². The van der Waals surface area contributed by atoms with Crippen LogP contribution in [0.2, 0.25) is 0 Å². The maximum absolute atomic E-state index is 10.9. The minimum absolute atomic E-state index is 0.760. The highest BCUT2D eigenvalue weighted by Gasteiger charge is 2.21. The van der Waals surface area contributed by atoms with Gasteiger partial charge in [-0.1, -0.05) is 13.2 Å². The number of carboxylic acid groups (broad SMARTS) is 1.